The molecule has 2 aliphatic carbocycles. The Balaban J connectivity index is 1.15. The van der Waals surface area contributed by atoms with Crippen molar-refractivity contribution in [1.29, 1.82) is 0 Å². The molecule has 1 amide bonds. The van der Waals surface area contributed by atoms with Crippen LogP contribution in [0, 0.1) is 23.7 Å². The molecule has 1 saturated carbocycles. The molecule has 2 saturated heterocycles. The van der Waals surface area contributed by atoms with Gasteiger partial charge < -0.3 is 14.4 Å². The van der Waals surface area contributed by atoms with Gasteiger partial charge in [-0.15, -0.1) is 0 Å². The van der Waals surface area contributed by atoms with Gasteiger partial charge in [-0.3, -0.25) is 19.3 Å². The molecule has 0 radical (unpaired) electrons. The fourth-order valence-corrected chi connectivity index (χ4v) is 11.6. The Bertz CT molecular complexity index is 1770. The molecule has 1 spiro atoms. The standard InChI is InChI=1S/C41H55ClN4O4S/c1-28-6-4-7-32(22-44-16-17-45-18-19-49-25-35(45)24-44)36-12-9-33(36)23-46-26-41(15-5-8-30-20-34(42)11-13-37(30)41)27-50-39-14-10-31(21-38(39)46)40(47)43-51(3,48)29(28)2/h4,7,10-11,13-14,20-21,28-29,32-33,35-36H,3,5-6,8-9,12,15-19,22-27H2,1-2H3,(H,43,47,48)/b7-4+/t28-,29+,32+,33-,35-,36-,41-,51?/m0/s1. The molecule has 2 aromatic carbocycles. The zero-order valence-electron chi connectivity index (χ0n) is 30.4. The van der Waals surface area contributed by atoms with Gasteiger partial charge in [0.1, 0.15) is 5.75 Å². The van der Waals surface area contributed by atoms with E-state index >= 15 is 0 Å². The number of aryl methyl sites for hydroxylation is 1. The molecule has 3 fully saturated rings. The van der Waals surface area contributed by atoms with Crippen LogP contribution in [0.5, 0.6) is 5.75 Å². The van der Waals surface area contributed by atoms with Crippen molar-refractivity contribution in [2.45, 2.75) is 69.1 Å². The second-order valence-corrected chi connectivity index (χ2v) is 19.3. The predicted octanol–water partition coefficient (Wildman–Crippen LogP) is 5.82. The first-order chi connectivity index (χ1) is 24.6. The maximum absolute atomic E-state index is 14.0. The molecule has 0 aromatic heterocycles. The number of anilines is 1. The van der Waals surface area contributed by atoms with Crippen LogP contribution in [0.1, 0.15) is 67.4 Å². The van der Waals surface area contributed by atoms with Gasteiger partial charge in [0.2, 0.25) is 0 Å². The number of ether oxygens (including phenoxy) is 2. The molecule has 51 heavy (non-hydrogen) atoms. The molecule has 10 heteroatoms. The van der Waals surface area contributed by atoms with Gasteiger partial charge in [0.05, 0.1) is 35.2 Å². The number of fused-ring (bicyclic) bond motifs is 5. The van der Waals surface area contributed by atoms with Gasteiger partial charge in [-0.05, 0) is 116 Å². The molecule has 2 aromatic rings. The summed E-state index contributed by atoms with van der Waals surface area (Å²) in [6, 6.07) is 12.6. The van der Waals surface area contributed by atoms with Crippen LogP contribution in [-0.4, -0.2) is 103 Å². The molecule has 8 nitrogen and oxygen atoms in total. The van der Waals surface area contributed by atoms with E-state index < -0.39 is 9.71 Å². The van der Waals surface area contributed by atoms with E-state index in [9.17, 15) is 9.00 Å². The third-order valence-electron chi connectivity index (χ3n) is 13.3. The lowest BCUT2D eigenvalue weighted by Crippen LogP contribution is -2.59. The van der Waals surface area contributed by atoms with Crippen molar-refractivity contribution in [2.75, 3.05) is 70.5 Å². The molecule has 1 unspecified atom stereocenters. The highest BCUT2D eigenvalue weighted by atomic mass is 35.5. The minimum absolute atomic E-state index is 0.0978. The zero-order valence-corrected chi connectivity index (χ0v) is 31.9. The van der Waals surface area contributed by atoms with Gasteiger partial charge in [0.25, 0.3) is 5.91 Å². The average Bonchev–Trinajstić information content (AvgIpc) is 3.25. The zero-order chi connectivity index (χ0) is 35.3. The van der Waals surface area contributed by atoms with Gasteiger partial charge in [-0.25, -0.2) is 4.21 Å². The number of allylic oxidation sites excluding steroid dienone is 1. The average molecular weight is 735 g/mol. The number of nitrogens with one attached hydrogen (secondary N) is 1. The summed E-state index contributed by atoms with van der Waals surface area (Å²) in [5.41, 5.74) is 3.92. The van der Waals surface area contributed by atoms with E-state index in [-0.39, 0.29) is 22.5 Å². The van der Waals surface area contributed by atoms with Crippen molar-refractivity contribution in [2.24, 2.45) is 23.7 Å². The quantitative estimate of drug-likeness (QED) is 0.308. The Kier molecular flexibility index (Phi) is 9.98. The lowest BCUT2D eigenvalue weighted by atomic mass is 9.65. The van der Waals surface area contributed by atoms with Crippen molar-refractivity contribution >= 4 is 38.8 Å². The molecule has 8 atom stereocenters. The van der Waals surface area contributed by atoms with Gasteiger partial charge >= 0.3 is 0 Å². The smallest absolute Gasteiger partial charge is 0.262 e. The molecular formula is C41H55ClN4O4S. The maximum atomic E-state index is 14.0. The van der Waals surface area contributed by atoms with E-state index in [2.05, 4.69) is 56.5 Å². The van der Waals surface area contributed by atoms with Crippen LogP contribution in [0.15, 0.2) is 48.6 Å². The highest BCUT2D eigenvalue weighted by Crippen LogP contribution is 2.48. The third-order valence-corrected chi connectivity index (χ3v) is 15.8. The number of hydrogen-bond donors (Lipinski definition) is 1. The Morgan fingerprint density at radius 3 is 2.82 bits per heavy atom. The van der Waals surface area contributed by atoms with E-state index in [1.807, 2.05) is 31.2 Å². The summed E-state index contributed by atoms with van der Waals surface area (Å²) in [5.74, 6) is 6.15. The molecule has 4 aliphatic heterocycles. The van der Waals surface area contributed by atoms with Crippen molar-refractivity contribution < 1.29 is 18.5 Å². The Labute approximate surface area is 310 Å². The van der Waals surface area contributed by atoms with Crippen LogP contribution >= 0.6 is 11.6 Å². The van der Waals surface area contributed by atoms with E-state index in [1.165, 1.54) is 24.0 Å². The second-order valence-electron chi connectivity index (χ2n) is 16.5. The number of benzene rings is 2. The predicted molar refractivity (Wildman–Crippen MR) is 208 cm³/mol. The summed E-state index contributed by atoms with van der Waals surface area (Å²) in [6.45, 7) is 13.4. The summed E-state index contributed by atoms with van der Waals surface area (Å²) in [4.78, 5) is 21.6. The van der Waals surface area contributed by atoms with Crippen LogP contribution in [0.25, 0.3) is 0 Å². The number of hydrogen-bond acceptors (Lipinski definition) is 7. The van der Waals surface area contributed by atoms with E-state index in [4.69, 9.17) is 21.1 Å². The highest BCUT2D eigenvalue weighted by molar-refractivity contribution is 7.99. The molecule has 6 aliphatic rings. The highest BCUT2D eigenvalue weighted by Gasteiger charge is 2.45. The topological polar surface area (TPSA) is 74.4 Å². The number of piperazine rings is 1. The van der Waals surface area contributed by atoms with Crippen LogP contribution in [0.2, 0.25) is 5.02 Å². The fourth-order valence-electron chi connectivity index (χ4n) is 9.88. The van der Waals surface area contributed by atoms with Gasteiger partial charge in [0, 0.05) is 73.1 Å². The maximum Gasteiger partial charge on any atom is 0.262 e. The largest absolute Gasteiger partial charge is 0.490 e. The molecule has 8 rings (SSSR count). The molecular weight excluding hydrogens is 680 g/mol. The first kappa shape index (κ1) is 35.5. The van der Waals surface area contributed by atoms with Gasteiger partial charge in [-0.1, -0.05) is 36.7 Å². The summed E-state index contributed by atoms with van der Waals surface area (Å²) >= 11 is 6.51. The number of morpholine rings is 1. The monoisotopic (exact) mass is 734 g/mol. The van der Waals surface area contributed by atoms with E-state index in [0.29, 0.717) is 36.0 Å². The Morgan fingerprint density at radius 1 is 1.10 bits per heavy atom. The summed E-state index contributed by atoms with van der Waals surface area (Å²) in [6.07, 6.45) is 11.2. The van der Waals surface area contributed by atoms with Crippen molar-refractivity contribution in [3.63, 3.8) is 0 Å². The van der Waals surface area contributed by atoms with Crippen molar-refractivity contribution in [3.05, 3.63) is 70.3 Å². The first-order valence-corrected chi connectivity index (χ1v) is 21.4. The first-order valence-electron chi connectivity index (χ1n) is 19.3. The number of halogens is 1. The lowest BCUT2D eigenvalue weighted by molar-refractivity contribution is -0.0492. The molecule has 2 bridgehead atoms. The van der Waals surface area contributed by atoms with Crippen LogP contribution in [0.3, 0.4) is 0 Å². The number of nitrogens with zero attached hydrogens (tertiary/aromatic N) is 3. The van der Waals surface area contributed by atoms with Gasteiger partial charge in [0.15, 0.2) is 0 Å². The minimum Gasteiger partial charge on any atom is -0.490 e. The minimum atomic E-state index is -2.91. The summed E-state index contributed by atoms with van der Waals surface area (Å²) < 4.78 is 29.5. The third kappa shape index (κ3) is 7.10. The Morgan fingerprint density at radius 2 is 1.98 bits per heavy atom. The number of carbonyl (C=O) groups is 1. The second kappa shape index (κ2) is 14.3. The SMILES string of the molecule is C=S1(=O)NC(=O)c2ccc3c(c2)N(C[C@@H]2CC[C@H]2[C@@H](CN2CCN4CCOC[C@@H]4C2)/C=C/C[C@H](C)[C@H]1C)C[C@@]1(CCCc2cc(Cl)ccc21)CO3. The van der Waals surface area contributed by atoms with Crippen LogP contribution in [0.4, 0.5) is 5.69 Å². The molecule has 4 heterocycles. The lowest BCUT2D eigenvalue weighted by Gasteiger charge is -2.48. The van der Waals surface area contributed by atoms with E-state index in [0.717, 1.165) is 101 Å². The van der Waals surface area contributed by atoms with Crippen LogP contribution < -0.4 is 14.4 Å². The number of amides is 1. The Hall–Kier alpha value is -2.56. The van der Waals surface area contributed by atoms with Crippen molar-refractivity contribution in [3.8, 4) is 5.75 Å². The van der Waals surface area contributed by atoms with Gasteiger partial charge in [-0.2, -0.15) is 0 Å². The summed E-state index contributed by atoms with van der Waals surface area (Å²) in [5, 5.41) is 0.498. The molecule has 1 N–H and O–H groups in total. The van der Waals surface area contributed by atoms with E-state index in [1.54, 1.807) is 0 Å². The fraction of sp³-hybridized carbons (Fsp3) is 0.610. The number of rotatable bonds is 2. The van der Waals surface area contributed by atoms with Crippen LogP contribution in [-0.2, 0) is 26.3 Å². The van der Waals surface area contributed by atoms with Crippen molar-refractivity contribution in [1.82, 2.24) is 14.5 Å². The molecule has 276 valence electrons. The summed E-state index contributed by atoms with van der Waals surface area (Å²) in [7, 11) is -2.91. The number of carbonyl (C=O) groups excluding carboxylic acids is 1. The normalized spacial score (nSPS) is 36.8.